The first kappa shape index (κ1) is 64.8. The van der Waals surface area contributed by atoms with E-state index in [4.69, 9.17) is 14.2 Å². The molecule has 0 aliphatic carbocycles. The maximum Gasteiger partial charge on any atom is 0.306 e. The van der Waals surface area contributed by atoms with Gasteiger partial charge < -0.3 is 14.2 Å². The zero-order valence-corrected chi connectivity index (χ0v) is 44.5. The predicted molar refractivity (Wildman–Crippen MR) is 297 cm³/mol. The highest BCUT2D eigenvalue weighted by Crippen LogP contribution is 2.14. The van der Waals surface area contributed by atoms with Gasteiger partial charge in [0.2, 0.25) is 0 Å². The quantitative estimate of drug-likeness (QED) is 0.0262. The van der Waals surface area contributed by atoms with Crippen LogP contribution < -0.4 is 0 Å². The van der Waals surface area contributed by atoms with Gasteiger partial charge in [-0.25, -0.2) is 0 Å². The van der Waals surface area contributed by atoms with Crippen molar-refractivity contribution in [2.75, 3.05) is 13.2 Å². The lowest BCUT2D eigenvalue weighted by atomic mass is 10.1. The second kappa shape index (κ2) is 56.4. The Morgan fingerprint density at radius 3 is 0.942 bits per heavy atom. The lowest BCUT2D eigenvalue weighted by Crippen LogP contribution is -2.30. The van der Waals surface area contributed by atoms with Gasteiger partial charge in [0.1, 0.15) is 13.2 Å². The molecule has 0 aromatic carbocycles. The Morgan fingerprint density at radius 1 is 0.304 bits per heavy atom. The van der Waals surface area contributed by atoms with Crippen molar-refractivity contribution in [3.05, 3.63) is 122 Å². The fourth-order valence-corrected chi connectivity index (χ4v) is 7.29. The summed E-state index contributed by atoms with van der Waals surface area (Å²) in [5.74, 6) is -0.988. The van der Waals surface area contributed by atoms with Gasteiger partial charge in [-0.05, 0) is 122 Å². The van der Waals surface area contributed by atoms with Crippen molar-refractivity contribution in [2.24, 2.45) is 0 Å². The van der Waals surface area contributed by atoms with E-state index >= 15 is 0 Å². The van der Waals surface area contributed by atoms with Crippen molar-refractivity contribution >= 4 is 17.9 Å². The largest absolute Gasteiger partial charge is 0.462 e. The third kappa shape index (κ3) is 54.6. The summed E-state index contributed by atoms with van der Waals surface area (Å²) in [6.45, 7) is 6.32. The fourth-order valence-electron chi connectivity index (χ4n) is 7.29. The molecule has 0 aromatic rings. The molecule has 1 atom stereocenters. The molecular weight excluding hydrogens is 853 g/mol. The Hall–Kier alpha value is -4.19. The van der Waals surface area contributed by atoms with Crippen LogP contribution in [-0.4, -0.2) is 37.2 Å². The Labute approximate surface area is 424 Å². The predicted octanol–water partition coefficient (Wildman–Crippen LogP) is 18.9. The second-order valence-electron chi connectivity index (χ2n) is 18.1. The van der Waals surface area contributed by atoms with Crippen LogP contribution in [0.3, 0.4) is 0 Å². The van der Waals surface area contributed by atoms with E-state index in [-0.39, 0.29) is 37.5 Å². The van der Waals surface area contributed by atoms with Crippen LogP contribution in [0.25, 0.3) is 0 Å². The minimum absolute atomic E-state index is 0.107. The van der Waals surface area contributed by atoms with Gasteiger partial charge in [0.25, 0.3) is 0 Å². The minimum Gasteiger partial charge on any atom is -0.462 e. The van der Waals surface area contributed by atoms with Crippen molar-refractivity contribution in [1.82, 2.24) is 0 Å². The number of ether oxygens (including phenoxy) is 3. The van der Waals surface area contributed by atoms with Gasteiger partial charge in [0.15, 0.2) is 6.10 Å². The van der Waals surface area contributed by atoms with Crippen molar-refractivity contribution in [3.63, 3.8) is 0 Å². The van der Waals surface area contributed by atoms with Gasteiger partial charge in [-0.15, -0.1) is 0 Å². The summed E-state index contributed by atoms with van der Waals surface area (Å²) >= 11 is 0. The number of hydrogen-bond acceptors (Lipinski definition) is 6. The molecule has 390 valence electrons. The van der Waals surface area contributed by atoms with Gasteiger partial charge in [0.05, 0.1) is 0 Å². The molecular formula is C63H102O6. The molecule has 0 saturated heterocycles. The summed E-state index contributed by atoms with van der Waals surface area (Å²) < 4.78 is 16.8. The molecule has 1 unspecified atom stereocenters. The summed E-state index contributed by atoms with van der Waals surface area (Å²) in [4.78, 5) is 38.1. The third-order valence-corrected chi connectivity index (χ3v) is 11.4. The fraction of sp³-hybridized carbons (Fsp3) is 0.635. The molecule has 6 heteroatoms. The average Bonchev–Trinajstić information content (AvgIpc) is 3.35. The van der Waals surface area contributed by atoms with Gasteiger partial charge in [-0.2, -0.15) is 0 Å². The Morgan fingerprint density at radius 2 is 0.580 bits per heavy atom. The van der Waals surface area contributed by atoms with Crippen molar-refractivity contribution < 1.29 is 28.6 Å². The van der Waals surface area contributed by atoms with Crippen LogP contribution in [0.1, 0.15) is 239 Å². The zero-order valence-electron chi connectivity index (χ0n) is 44.5. The second-order valence-corrected chi connectivity index (χ2v) is 18.1. The van der Waals surface area contributed by atoms with Crippen LogP contribution in [0, 0.1) is 0 Å². The smallest absolute Gasteiger partial charge is 0.306 e. The summed E-state index contributed by atoms with van der Waals surface area (Å²) in [5, 5.41) is 0. The van der Waals surface area contributed by atoms with E-state index in [1.165, 1.54) is 70.6 Å². The SMILES string of the molecule is CC/C=C\C/C=C\C/C=C\C/C=C\C/C=C\CCCC(=O)OCC(COC(=O)CCCCCCCCC/C=C\C/C=C\CCCCC)OC(=O)CCCCCCCCC/C=C\C/C=C\C/C=C\CC. The Bertz CT molecular complexity index is 1470. The summed E-state index contributed by atoms with van der Waals surface area (Å²) in [6, 6.07) is 0. The van der Waals surface area contributed by atoms with Crippen LogP contribution >= 0.6 is 0 Å². The molecule has 6 nitrogen and oxygen atoms in total. The van der Waals surface area contributed by atoms with Crippen LogP contribution in [0.2, 0.25) is 0 Å². The van der Waals surface area contributed by atoms with Crippen molar-refractivity contribution in [3.8, 4) is 0 Å². The van der Waals surface area contributed by atoms with E-state index in [1.807, 2.05) is 0 Å². The first-order chi connectivity index (χ1) is 34.0. The Kier molecular flexibility index (Phi) is 53.0. The molecule has 0 aliphatic rings. The van der Waals surface area contributed by atoms with E-state index in [9.17, 15) is 14.4 Å². The molecule has 0 aliphatic heterocycles. The Balaban J connectivity index is 4.52. The molecule has 0 spiro atoms. The topological polar surface area (TPSA) is 78.9 Å². The summed E-state index contributed by atoms with van der Waals surface area (Å²) in [5.41, 5.74) is 0. The number of rotatable bonds is 49. The molecule has 0 N–H and O–H groups in total. The molecule has 0 heterocycles. The molecule has 0 amide bonds. The van der Waals surface area contributed by atoms with E-state index in [1.54, 1.807) is 0 Å². The van der Waals surface area contributed by atoms with Crippen LogP contribution in [0.5, 0.6) is 0 Å². The van der Waals surface area contributed by atoms with E-state index in [2.05, 4.69) is 142 Å². The summed E-state index contributed by atoms with van der Waals surface area (Å²) in [7, 11) is 0. The average molecular weight is 956 g/mol. The first-order valence-corrected chi connectivity index (χ1v) is 28.0. The monoisotopic (exact) mass is 955 g/mol. The summed E-state index contributed by atoms with van der Waals surface area (Å²) in [6.07, 6.45) is 77.6. The highest BCUT2D eigenvalue weighted by Gasteiger charge is 2.19. The molecule has 0 fully saturated rings. The molecule has 0 rings (SSSR count). The highest BCUT2D eigenvalue weighted by molar-refractivity contribution is 5.71. The number of allylic oxidation sites excluding steroid dienone is 20. The lowest BCUT2D eigenvalue weighted by Gasteiger charge is -2.18. The molecule has 0 radical (unpaired) electrons. The van der Waals surface area contributed by atoms with E-state index < -0.39 is 6.10 Å². The van der Waals surface area contributed by atoms with Crippen molar-refractivity contribution in [1.29, 1.82) is 0 Å². The van der Waals surface area contributed by atoms with Gasteiger partial charge in [-0.3, -0.25) is 14.4 Å². The molecule has 69 heavy (non-hydrogen) atoms. The zero-order chi connectivity index (χ0) is 50.0. The van der Waals surface area contributed by atoms with E-state index in [0.29, 0.717) is 19.3 Å². The minimum atomic E-state index is -0.814. The van der Waals surface area contributed by atoms with Crippen LogP contribution in [0.4, 0.5) is 0 Å². The van der Waals surface area contributed by atoms with Gasteiger partial charge >= 0.3 is 17.9 Å². The first-order valence-electron chi connectivity index (χ1n) is 28.0. The van der Waals surface area contributed by atoms with E-state index in [0.717, 1.165) is 122 Å². The third-order valence-electron chi connectivity index (χ3n) is 11.4. The van der Waals surface area contributed by atoms with Crippen LogP contribution in [0.15, 0.2) is 122 Å². The standard InChI is InChI=1S/C63H102O6/c1-4-7-10-13-16-19-22-25-28-31-34-37-40-43-46-49-52-55-61(64)67-58-60(69-63(66)57-54-51-48-45-42-39-36-33-30-27-24-21-18-15-12-9-6-3)59-68-62(65)56-53-50-47-44-41-38-35-32-29-26-23-20-17-14-11-8-5-2/h7,9-10,12,16-21,25-30,34,37,43,46,60H,4-6,8,11,13-15,22-24,31-33,35-36,38-42,44-45,47-59H2,1-3H3/b10-7-,12-9-,19-16-,20-17-,21-18-,28-25-,29-26-,30-27-,37-34-,46-43-. The van der Waals surface area contributed by atoms with Gasteiger partial charge in [0, 0.05) is 19.3 Å². The van der Waals surface area contributed by atoms with Crippen LogP contribution in [-0.2, 0) is 28.6 Å². The van der Waals surface area contributed by atoms with Crippen molar-refractivity contribution in [2.45, 2.75) is 245 Å². The van der Waals surface area contributed by atoms with Gasteiger partial charge in [-0.1, -0.05) is 219 Å². The highest BCUT2D eigenvalue weighted by atomic mass is 16.6. The number of carbonyl (C=O) groups is 3. The maximum absolute atomic E-state index is 12.9. The molecule has 0 bridgehead atoms. The number of hydrogen-bond donors (Lipinski definition) is 0. The number of carbonyl (C=O) groups excluding carboxylic acids is 3. The number of esters is 3. The maximum atomic E-state index is 12.9. The number of unbranched alkanes of at least 4 members (excludes halogenated alkanes) is 18. The lowest BCUT2D eigenvalue weighted by molar-refractivity contribution is -0.167. The molecule has 0 aromatic heterocycles. The normalized spacial score (nSPS) is 13.0. The molecule has 0 saturated carbocycles.